The molecule has 29 heavy (non-hydrogen) atoms. The summed E-state index contributed by atoms with van der Waals surface area (Å²) in [4.78, 5) is 36.0. The molecule has 0 bridgehead atoms. The molecule has 0 heterocycles. The van der Waals surface area contributed by atoms with Gasteiger partial charge in [-0.2, -0.15) is 0 Å². The van der Waals surface area contributed by atoms with Crippen molar-refractivity contribution in [2.24, 2.45) is 29.1 Å². The molecule has 6 heteroatoms. The molecule has 3 aliphatic rings. The second kappa shape index (κ2) is 9.23. The Balaban J connectivity index is 1.80. The molecular weight excluding hydrogens is 483 g/mol. The van der Waals surface area contributed by atoms with E-state index in [4.69, 9.17) is 9.47 Å². The number of hydrogen-bond acceptors (Lipinski definition) is 5. The fourth-order valence-electron chi connectivity index (χ4n) is 6.56. The predicted octanol–water partition coefficient (Wildman–Crippen LogP) is 4.88. The minimum atomic E-state index is -0.312. The minimum Gasteiger partial charge on any atom is -0.462 e. The zero-order chi connectivity index (χ0) is 21.3. The van der Waals surface area contributed by atoms with Crippen molar-refractivity contribution in [2.45, 2.75) is 95.2 Å². The normalized spacial score (nSPS) is 43.1. The maximum atomic E-state index is 12.9. The van der Waals surface area contributed by atoms with Crippen molar-refractivity contribution in [1.29, 1.82) is 0 Å². The molecular formula is C23H35IO5. The highest BCUT2D eigenvalue weighted by atomic mass is 127. The van der Waals surface area contributed by atoms with Crippen LogP contribution in [0.3, 0.4) is 0 Å². The molecule has 0 aromatic rings. The van der Waals surface area contributed by atoms with Gasteiger partial charge in [0.1, 0.15) is 21.9 Å². The quantitative estimate of drug-likeness (QED) is 0.296. The predicted molar refractivity (Wildman–Crippen MR) is 119 cm³/mol. The van der Waals surface area contributed by atoms with Gasteiger partial charge in [-0.15, -0.1) is 0 Å². The van der Waals surface area contributed by atoms with E-state index in [1.54, 1.807) is 0 Å². The standard InChI is InChI=1S/C23H35IO5/c1-13-5-9-20(28-14(2)25)22(24)19(27)8-6-17-16(13)11-12-23(4)18(17)7-10-21(23)29-15(3)26/h13,16-18,20-22H,5-12H2,1-4H3/t13-,16+,17+,18-,20-,21-,22-,23-/m0/s1. The van der Waals surface area contributed by atoms with E-state index in [1.165, 1.54) is 13.8 Å². The monoisotopic (exact) mass is 518 g/mol. The summed E-state index contributed by atoms with van der Waals surface area (Å²) in [7, 11) is 0. The van der Waals surface area contributed by atoms with Gasteiger partial charge in [-0.25, -0.2) is 0 Å². The van der Waals surface area contributed by atoms with E-state index >= 15 is 0 Å². The third kappa shape index (κ3) is 4.82. The van der Waals surface area contributed by atoms with Gasteiger partial charge in [0.2, 0.25) is 0 Å². The zero-order valence-corrected chi connectivity index (χ0v) is 20.3. The molecule has 5 nitrogen and oxygen atoms in total. The lowest BCUT2D eigenvalue weighted by atomic mass is 9.56. The fraction of sp³-hybridized carbons (Fsp3) is 0.870. The molecule has 0 saturated heterocycles. The van der Waals surface area contributed by atoms with Crippen molar-refractivity contribution >= 4 is 40.3 Å². The molecule has 0 amide bonds. The molecule has 0 aliphatic heterocycles. The number of hydrogen-bond donors (Lipinski definition) is 0. The summed E-state index contributed by atoms with van der Waals surface area (Å²) in [6, 6.07) is 0. The molecule has 0 radical (unpaired) electrons. The van der Waals surface area contributed by atoms with Crippen LogP contribution in [0.2, 0.25) is 0 Å². The lowest BCUT2D eigenvalue weighted by Gasteiger charge is -2.50. The SMILES string of the molecule is CC(=O)O[C@H]1CC[C@H](C)[C@H]2CC[C@]3(C)[C@@H](OC(C)=O)CC[C@H]3[C@@H]2CCC(=O)[C@@H]1I. The maximum absolute atomic E-state index is 12.9. The number of ether oxygens (including phenoxy) is 2. The first-order chi connectivity index (χ1) is 13.6. The molecule has 0 spiro atoms. The van der Waals surface area contributed by atoms with Crippen LogP contribution in [0.25, 0.3) is 0 Å². The molecule has 3 aliphatic carbocycles. The number of Topliss-reactive ketones (excluding diaryl/α,β-unsaturated/α-hetero) is 1. The molecule has 164 valence electrons. The number of rotatable bonds is 2. The fourth-order valence-corrected chi connectivity index (χ4v) is 7.38. The van der Waals surface area contributed by atoms with E-state index in [0.717, 1.165) is 44.9 Å². The van der Waals surface area contributed by atoms with Crippen molar-refractivity contribution < 1.29 is 23.9 Å². The number of fused-ring (bicyclic) bond motifs is 3. The average molecular weight is 518 g/mol. The van der Waals surface area contributed by atoms with E-state index in [0.29, 0.717) is 30.1 Å². The second-order valence-electron chi connectivity index (χ2n) is 9.76. The van der Waals surface area contributed by atoms with E-state index in [2.05, 4.69) is 36.4 Å². The van der Waals surface area contributed by atoms with Crippen LogP contribution in [0.4, 0.5) is 0 Å². The topological polar surface area (TPSA) is 69.7 Å². The highest BCUT2D eigenvalue weighted by Crippen LogP contribution is 2.59. The van der Waals surface area contributed by atoms with E-state index in [-0.39, 0.29) is 39.3 Å². The first-order valence-corrected chi connectivity index (χ1v) is 12.4. The molecule has 3 saturated carbocycles. The highest BCUT2D eigenvalue weighted by molar-refractivity contribution is 14.1. The first kappa shape index (κ1) is 23.0. The summed E-state index contributed by atoms with van der Waals surface area (Å²) in [5.41, 5.74) is 0.0315. The summed E-state index contributed by atoms with van der Waals surface area (Å²) < 4.78 is 11.0. The average Bonchev–Trinajstić information content (AvgIpc) is 2.97. The van der Waals surface area contributed by atoms with Gasteiger partial charge in [0.05, 0.1) is 0 Å². The molecule has 0 N–H and O–H groups in total. The van der Waals surface area contributed by atoms with Crippen molar-refractivity contribution in [2.75, 3.05) is 0 Å². The first-order valence-electron chi connectivity index (χ1n) is 11.1. The van der Waals surface area contributed by atoms with Crippen LogP contribution in [-0.2, 0) is 23.9 Å². The molecule has 8 atom stereocenters. The Kier molecular flexibility index (Phi) is 7.32. The van der Waals surface area contributed by atoms with E-state index in [9.17, 15) is 14.4 Å². The van der Waals surface area contributed by atoms with Crippen LogP contribution >= 0.6 is 22.6 Å². The number of carbonyl (C=O) groups excluding carboxylic acids is 3. The van der Waals surface area contributed by atoms with Crippen molar-refractivity contribution in [3.8, 4) is 0 Å². The van der Waals surface area contributed by atoms with Gasteiger partial charge in [0, 0.05) is 25.7 Å². The molecule has 0 aromatic heterocycles. The molecule has 3 fully saturated rings. The van der Waals surface area contributed by atoms with Crippen LogP contribution in [0.1, 0.15) is 79.1 Å². The Morgan fingerprint density at radius 3 is 2.31 bits per heavy atom. The number of halogens is 1. The van der Waals surface area contributed by atoms with E-state index < -0.39 is 0 Å². The number of ketones is 1. The van der Waals surface area contributed by atoms with Crippen molar-refractivity contribution in [1.82, 2.24) is 0 Å². The van der Waals surface area contributed by atoms with Gasteiger partial charge < -0.3 is 9.47 Å². The Hall–Kier alpha value is -0.660. The summed E-state index contributed by atoms with van der Waals surface area (Å²) in [5.74, 6) is 1.85. The lowest BCUT2D eigenvalue weighted by Crippen LogP contribution is -2.46. The van der Waals surface area contributed by atoms with Crippen LogP contribution in [-0.4, -0.2) is 33.9 Å². The molecule has 3 rings (SSSR count). The zero-order valence-electron chi connectivity index (χ0n) is 18.1. The number of carbonyl (C=O) groups is 3. The maximum Gasteiger partial charge on any atom is 0.302 e. The third-order valence-corrected chi connectivity index (χ3v) is 9.52. The van der Waals surface area contributed by atoms with Crippen LogP contribution in [0, 0.1) is 29.1 Å². The Bertz CT molecular complexity index is 649. The van der Waals surface area contributed by atoms with Gasteiger partial charge in [-0.1, -0.05) is 36.4 Å². The van der Waals surface area contributed by atoms with Crippen LogP contribution in [0.5, 0.6) is 0 Å². The van der Waals surface area contributed by atoms with Crippen LogP contribution < -0.4 is 0 Å². The Morgan fingerprint density at radius 2 is 1.66 bits per heavy atom. The smallest absolute Gasteiger partial charge is 0.302 e. The van der Waals surface area contributed by atoms with Gasteiger partial charge >= 0.3 is 11.9 Å². The number of alkyl halides is 1. The summed E-state index contributed by atoms with van der Waals surface area (Å²) in [6.45, 7) is 7.56. The Morgan fingerprint density at radius 1 is 0.966 bits per heavy atom. The third-order valence-electron chi connectivity index (χ3n) is 8.03. The number of esters is 2. The minimum absolute atomic E-state index is 0.0121. The van der Waals surface area contributed by atoms with Crippen LogP contribution in [0.15, 0.2) is 0 Å². The van der Waals surface area contributed by atoms with Gasteiger partial charge in [0.15, 0.2) is 0 Å². The van der Waals surface area contributed by atoms with E-state index in [1.807, 2.05) is 0 Å². The van der Waals surface area contributed by atoms with Crippen molar-refractivity contribution in [3.63, 3.8) is 0 Å². The Labute approximate surface area is 188 Å². The summed E-state index contributed by atoms with van der Waals surface area (Å²) in [6.07, 6.45) is 7.09. The van der Waals surface area contributed by atoms with Gasteiger partial charge in [0.25, 0.3) is 0 Å². The molecule has 0 unspecified atom stereocenters. The summed E-state index contributed by atoms with van der Waals surface area (Å²) >= 11 is 2.17. The van der Waals surface area contributed by atoms with Crippen molar-refractivity contribution in [3.05, 3.63) is 0 Å². The molecule has 0 aromatic carbocycles. The lowest BCUT2D eigenvalue weighted by molar-refractivity contribution is -0.155. The second-order valence-corrected chi connectivity index (χ2v) is 11.1. The summed E-state index contributed by atoms with van der Waals surface area (Å²) in [5, 5.41) is 0. The highest BCUT2D eigenvalue weighted by Gasteiger charge is 2.55. The van der Waals surface area contributed by atoms with Gasteiger partial charge in [-0.05, 0) is 68.6 Å². The van der Waals surface area contributed by atoms with Gasteiger partial charge in [-0.3, -0.25) is 14.4 Å². The largest absolute Gasteiger partial charge is 0.462 e.